The van der Waals surface area contributed by atoms with Gasteiger partial charge < -0.3 is 10.2 Å². The van der Waals surface area contributed by atoms with E-state index in [1.165, 1.54) is 18.0 Å². The first kappa shape index (κ1) is 15.3. The van der Waals surface area contributed by atoms with Crippen molar-refractivity contribution in [2.75, 3.05) is 7.05 Å². The number of halogens is 3. The highest BCUT2D eigenvalue weighted by molar-refractivity contribution is 6.03. The number of benzene rings is 1. The number of nitrogens with one attached hydrogen (secondary N) is 1. The largest absolute Gasteiger partial charge is 0.416 e. The van der Waals surface area contributed by atoms with Crippen LogP contribution in [0, 0.1) is 0 Å². The van der Waals surface area contributed by atoms with Crippen molar-refractivity contribution >= 4 is 11.8 Å². The Morgan fingerprint density at radius 3 is 2.43 bits per heavy atom. The summed E-state index contributed by atoms with van der Waals surface area (Å²) in [6.07, 6.45) is -4.61. The number of carbonyl (C=O) groups is 2. The van der Waals surface area contributed by atoms with Gasteiger partial charge in [0.05, 0.1) is 5.56 Å². The summed E-state index contributed by atoms with van der Waals surface area (Å²) >= 11 is 0. The number of nitrogens with zero attached hydrogens (tertiary/aromatic N) is 1. The Kier molecular flexibility index (Phi) is 3.69. The molecule has 0 aliphatic carbocycles. The number of alkyl halides is 3. The summed E-state index contributed by atoms with van der Waals surface area (Å²) in [6, 6.07) is 1.82. The van der Waals surface area contributed by atoms with E-state index in [1.807, 2.05) is 0 Å². The van der Waals surface area contributed by atoms with Crippen molar-refractivity contribution in [2.45, 2.75) is 32.6 Å². The Hall–Kier alpha value is -2.05. The van der Waals surface area contributed by atoms with Crippen LogP contribution >= 0.6 is 0 Å². The maximum absolute atomic E-state index is 13.2. The summed E-state index contributed by atoms with van der Waals surface area (Å²) in [5, 5.41) is 2.27. The second-order valence-corrected chi connectivity index (χ2v) is 5.15. The molecule has 1 aromatic carbocycles. The van der Waals surface area contributed by atoms with E-state index >= 15 is 0 Å². The molecule has 0 unspecified atom stereocenters. The number of hydrogen-bond donors (Lipinski definition) is 1. The number of hydrogen-bond acceptors (Lipinski definition) is 2. The molecule has 2 amide bonds. The third-order valence-electron chi connectivity index (χ3n) is 3.49. The van der Waals surface area contributed by atoms with Gasteiger partial charge in [0.15, 0.2) is 0 Å². The summed E-state index contributed by atoms with van der Waals surface area (Å²) < 4.78 is 39.6. The molecule has 1 aliphatic rings. The van der Waals surface area contributed by atoms with Crippen LogP contribution in [0.4, 0.5) is 13.2 Å². The third kappa shape index (κ3) is 2.59. The highest BCUT2D eigenvalue weighted by atomic mass is 19.4. The van der Waals surface area contributed by atoms with Gasteiger partial charge in [-0.15, -0.1) is 0 Å². The Labute approximate surface area is 119 Å². The lowest BCUT2D eigenvalue weighted by Gasteiger charge is -2.20. The van der Waals surface area contributed by atoms with Gasteiger partial charge in [0.2, 0.25) is 0 Å². The molecule has 1 aromatic rings. The fraction of sp³-hybridized carbons (Fsp3) is 0.429. The van der Waals surface area contributed by atoms with E-state index in [9.17, 15) is 22.8 Å². The summed E-state index contributed by atoms with van der Waals surface area (Å²) in [4.78, 5) is 25.2. The lowest BCUT2D eigenvalue weighted by atomic mass is 9.98. The van der Waals surface area contributed by atoms with E-state index in [-0.39, 0.29) is 29.3 Å². The smallest absolute Gasteiger partial charge is 0.355 e. The fourth-order valence-corrected chi connectivity index (χ4v) is 2.38. The van der Waals surface area contributed by atoms with Crippen molar-refractivity contribution < 1.29 is 22.8 Å². The molecule has 0 spiro atoms. The van der Waals surface area contributed by atoms with Gasteiger partial charge in [-0.3, -0.25) is 9.59 Å². The predicted octanol–water partition coefficient (Wildman–Crippen LogP) is 2.43. The van der Waals surface area contributed by atoms with Crippen molar-refractivity contribution in [2.24, 2.45) is 0 Å². The molecule has 1 heterocycles. The maximum Gasteiger partial charge on any atom is 0.416 e. The highest BCUT2D eigenvalue weighted by Crippen LogP contribution is 2.38. The van der Waals surface area contributed by atoms with Crippen LogP contribution in [0.15, 0.2) is 12.1 Å². The maximum atomic E-state index is 13.2. The second-order valence-electron chi connectivity index (χ2n) is 5.15. The molecule has 21 heavy (non-hydrogen) atoms. The van der Waals surface area contributed by atoms with E-state index in [2.05, 4.69) is 5.32 Å². The standard InChI is InChI=1S/C14H15F3N2O2/c1-7(2)19-6-10-9(13(19)21)4-8(12(20)18-3)5-11(10)14(15,16)17/h4-5,7H,6H2,1-3H3,(H,18,20). The minimum Gasteiger partial charge on any atom is -0.355 e. The Balaban J connectivity index is 2.64. The van der Waals surface area contributed by atoms with Crippen molar-refractivity contribution in [3.05, 3.63) is 34.4 Å². The first-order valence-electron chi connectivity index (χ1n) is 6.44. The number of rotatable bonds is 2. The minimum absolute atomic E-state index is 0.0443. The average Bonchev–Trinajstić information content (AvgIpc) is 2.73. The van der Waals surface area contributed by atoms with Crippen LogP contribution in [0.1, 0.15) is 45.7 Å². The van der Waals surface area contributed by atoms with Gasteiger partial charge in [-0.2, -0.15) is 13.2 Å². The van der Waals surface area contributed by atoms with Gasteiger partial charge in [0.25, 0.3) is 11.8 Å². The van der Waals surface area contributed by atoms with Crippen LogP contribution in [0.3, 0.4) is 0 Å². The van der Waals surface area contributed by atoms with E-state index in [1.54, 1.807) is 13.8 Å². The van der Waals surface area contributed by atoms with Gasteiger partial charge in [-0.1, -0.05) is 0 Å². The Bertz CT molecular complexity index is 609. The SMILES string of the molecule is CNC(=O)c1cc2c(c(C(F)(F)F)c1)CN(C(C)C)C2=O. The quantitative estimate of drug-likeness (QED) is 0.912. The van der Waals surface area contributed by atoms with Crippen LogP contribution in [-0.2, 0) is 12.7 Å². The van der Waals surface area contributed by atoms with E-state index in [0.717, 1.165) is 6.07 Å². The van der Waals surface area contributed by atoms with Crippen LogP contribution in [0.25, 0.3) is 0 Å². The normalized spacial score (nSPS) is 14.6. The van der Waals surface area contributed by atoms with Gasteiger partial charge >= 0.3 is 6.18 Å². The molecule has 1 N–H and O–H groups in total. The van der Waals surface area contributed by atoms with E-state index in [4.69, 9.17) is 0 Å². The molecule has 0 bridgehead atoms. The molecular weight excluding hydrogens is 285 g/mol. The molecule has 0 atom stereocenters. The minimum atomic E-state index is -4.61. The Morgan fingerprint density at radius 1 is 1.33 bits per heavy atom. The molecule has 4 nitrogen and oxygen atoms in total. The molecule has 0 fully saturated rings. The lowest BCUT2D eigenvalue weighted by Crippen LogP contribution is -2.30. The fourth-order valence-electron chi connectivity index (χ4n) is 2.38. The van der Waals surface area contributed by atoms with Gasteiger partial charge in [0, 0.05) is 30.8 Å². The highest BCUT2D eigenvalue weighted by Gasteiger charge is 2.41. The van der Waals surface area contributed by atoms with Gasteiger partial charge in [-0.25, -0.2) is 0 Å². The first-order chi connectivity index (χ1) is 9.66. The van der Waals surface area contributed by atoms with Crippen molar-refractivity contribution in [3.63, 3.8) is 0 Å². The van der Waals surface area contributed by atoms with E-state index < -0.39 is 23.6 Å². The molecule has 0 saturated carbocycles. The molecule has 7 heteroatoms. The van der Waals surface area contributed by atoms with Crippen LogP contribution in [0.5, 0.6) is 0 Å². The van der Waals surface area contributed by atoms with Crippen molar-refractivity contribution in [3.8, 4) is 0 Å². The molecule has 1 aliphatic heterocycles. The molecule has 2 rings (SSSR count). The van der Waals surface area contributed by atoms with Gasteiger partial charge in [0.1, 0.15) is 0 Å². The molecule has 0 radical (unpaired) electrons. The van der Waals surface area contributed by atoms with E-state index in [0.29, 0.717) is 0 Å². The third-order valence-corrected chi connectivity index (χ3v) is 3.49. The van der Waals surface area contributed by atoms with Crippen molar-refractivity contribution in [1.82, 2.24) is 10.2 Å². The van der Waals surface area contributed by atoms with Crippen molar-refractivity contribution in [1.29, 1.82) is 0 Å². The zero-order valence-corrected chi connectivity index (χ0v) is 11.8. The second kappa shape index (κ2) is 5.05. The molecule has 114 valence electrons. The lowest BCUT2D eigenvalue weighted by molar-refractivity contribution is -0.138. The average molecular weight is 300 g/mol. The van der Waals surface area contributed by atoms with Gasteiger partial charge in [-0.05, 0) is 31.5 Å². The molecule has 0 saturated heterocycles. The van der Waals surface area contributed by atoms with Crippen LogP contribution in [-0.4, -0.2) is 29.8 Å². The summed E-state index contributed by atoms with van der Waals surface area (Å²) in [5.74, 6) is -1.13. The zero-order chi connectivity index (χ0) is 15.9. The van der Waals surface area contributed by atoms with Crippen LogP contribution < -0.4 is 5.32 Å². The summed E-state index contributed by atoms with van der Waals surface area (Å²) in [6.45, 7) is 3.38. The zero-order valence-electron chi connectivity index (χ0n) is 11.8. The molecule has 0 aromatic heterocycles. The monoisotopic (exact) mass is 300 g/mol. The summed E-state index contributed by atoms with van der Waals surface area (Å²) in [5.41, 5.74) is -1.19. The topological polar surface area (TPSA) is 49.4 Å². The predicted molar refractivity (Wildman–Crippen MR) is 69.8 cm³/mol. The Morgan fingerprint density at radius 2 is 1.95 bits per heavy atom. The number of carbonyl (C=O) groups excluding carboxylic acids is 2. The number of fused-ring (bicyclic) bond motifs is 1. The van der Waals surface area contributed by atoms with Crippen LogP contribution in [0.2, 0.25) is 0 Å². The molecular formula is C14H15F3N2O2. The number of amides is 2. The summed E-state index contributed by atoms with van der Waals surface area (Å²) in [7, 11) is 1.32. The first-order valence-corrected chi connectivity index (χ1v) is 6.44.